The van der Waals surface area contributed by atoms with E-state index in [4.69, 9.17) is 4.74 Å². The van der Waals surface area contributed by atoms with Crippen LogP contribution >= 0.6 is 0 Å². The van der Waals surface area contributed by atoms with Crippen molar-refractivity contribution in [1.82, 2.24) is 4.90 Å². The van der Waals surface area contributed by atoms with Crippen LogP contribution in [0.4, 0.5) is 0 Å². The SMILES string of the molecule is CN1CC[C@@H]([C@H]2CO2)C1. The van der Waals surface area contributed by atoms with Crippen molar-refractivity contribution in [2.75, 3.05) is 26.7 Å². The van der Waals surface area contributed by atoms with Crippen molar-refractivity contribution < 1.29 is 4.74 Å². The van der Waals surface area contributed by atoms with Crippen molar-refractivity contribution in [2.24, 2.45) is 5.92 Å². The average molecular weight is 127 g/mol. The van der Waals surface area contributed by atoms with Crippen LogP contribution < -0.4 is 0 Å². The second-order valence-corrected chi connectivity index (χ2v) is 3.18. The highest BCUT2D eigenvalue weighted by Gasteiger charge is 2.35. The van der Waals surface area contributed by atoms with Gasteiger partial charge in [0.05, 0.1) is 12.7 Å². The monoisotopic (exact) mass is 127 g/mol. The van der Waals surface area contributed by atoms with Gasteiger partial charge >= 0.3 is 0 Å². The summed E-state index contributed by atoms with van der Waals surface area (Å²) in [5.41, 5.74) is 0. The van der Waals surface area contributed by atoms with E-state index in [0.29, 0.717) is 6.10 Å². The first-order valence-electron chi connectivity index (χ1n) is 3.66. The molecule has 2 saturated heterocycles. The van der Waals surface area contributed by atoms with Gasteiger partial charge in [0.15, 0.2) is 0 Å². The second-order valence-electron chi connectivity index (χ2n) is 3.18. The number of ether oxygens (including phenoxy) is 1. The van der Waals surface area contributed by atoms with Crippen molar-refractivity contribution in [3.63, 3.8) is 0 Å². The first-order chi connectivity index (χ1) is 4.36. The predicted octanol–water partition coefficient (Wildman–Crippen LogP) is 0.337. The molecule has 0 aromatic rings. The molecule has 0 unspecified atom stereocenters. The Labute approximate surface area is 55.8 Å². The quantitative estimate of drug-likeness (QED) is 0.472. The third-order valence-electron chi connectivity index (χ3n) is 2.31. The minimum atomic E-state index is 0.634. The molecule has 0 N–H and O–H groups in total. The van der Waals surface area contributed by atoms with Gasteiger partial charge in [-0.2, -0.15) is 0 Å². The van der Waals surface area contributed by atoms with Crippen LogP contribution in [0.3, 0.4) is 0 Å². The Hall–Kier alpha value is -0.0800. The van der Waals surface area contributed by atoms with E-state index >= 15 is 0 Å². The van der Waals surface area contributed by atoms with Gasteiger partial charge in [0, 0.05) is 12.5 Å². The van der Waals surface area contributed by atoms with E-state index in [0.717, 1.165) is 12.5 Å². The highest BCUT2D eigenvalue weighted by atomic mass is 16.6. The van der Waals surface area contributed by atoms with Crippen LogP contribution in [0.1, 0.15) is 6.42 Å². The summed E-state index contributed by atoms with van der Waals surface area (Å²) >= 11 is 0. The van der Waals surface area contributed by atoms with Crippen LogP contribution in [-0.4, -0.2) is 37.7 Å². The Bertz CT molecular complexity index is 111. The summed E-state index contributed by atoms with van der Waals surface area (Å²) in [7, 11) is 2.18. The van der Waals surface area contributed by atoms with Gasteiger partial charge < -0.3 is 9.64 Å². The highest BCUT2D eigenvalue weighted by molar-refractivity contribution is 4.85. The molecule has 0 aromatic heterocycles. The molecule has 52 valence electrons. The Morgan fingerprint density at radius 3 is 2.78 bits per heavy atom. The maximum atomic E-state index is 5.21. The number of epoxide rings is 1. The Balaban J connectivity index is 1.86. The van der Waals surface area contributed by atoms with Crippen molar-refractivity contribution in [1.29, 1.82) is 0 Å². The van der Waals surface area contributed by atoms with Gasteiger partial charge in [0.2, 0.25) is 0 Å². The van der Waals surface area contributed by atoms with E-state index in [2.05, 4.69) is 11.9 Å². The molecule has 9 heavy (non-hydrogen) atoms. The lowest BCUT2D eigenvalue weighted by Gasteiger charge is -2.05. The molecule has 2 nitrogen and oxygen atoms in total. The van der Waals surface area contributed by atoms with Crippen molar-refractivity contribution >= 4 is 0 Å². The molecule has 2 aliphatic heterocycles. The topological polar surface area (TPSA) is 15.8 Å². The Kier molecular flexibility index (Phi) is 1.24. The third-order valence-corrected chi connectivity index (χ3v) is 2.31. The summed E-state index contributed by atoms with van der Waals surface area (Å²) in [6.45, 7) is 3.55. The van der Waals surface area contributed by atoms with Crippen LogP contribution in [-0.2, 0) is 4.74 Å². The number of likely N-dealkylation sites (tertiary alicyclic amines) is 1. The number of hydrogen-bond acceptors (Lipinski definition) is 2. The lowest BCUT2D eigenvalue weighted by molar-refractivity contribution is 0.319. The van der Waals surface area contributed by atoms with Gasteiger partial charge in [0.25, 0.3) is 0 Å². The van der Waals surface area contributed by atoms with Crippen LogP contribution in [0.15, 0.2) is 0 Å². The second kappa shape index (κ2) is 1.96. The van der Waals surface area contributed by atoms with Crippen molar-refractivity contribution in [2.45, 2.75) is 12.5 Å². The van der Waals surface area contributed by atoms with Crippen LogP contribution in [0.2, 0.25) is 0 Å². The van der Waals surface area contributed by atoms with Crippen LogP contribution in [0.5, 0.6) is 0 Å². The fourth-order valence-electron chi connectivity index (χ4n) is 1.60. The molecule has 0 amide bonds. The third kappa shape index (κ3) is 1.10. The van der Waals surface area contributed by atoms with Crippen molar-refractivity contribution in [3.05, 3.63) is 0 Å². The van der Waals surface area contributed by atoms with Gasteiger partial charge in [-0.1, -0.05) is 0 Å². The molecule has 2 heteroatoms. The Morgan fingerprint density at radius 2 is 2.33 bits per heavy atom. The lowest BCUT2D eigenvalue weighted by Crippen LogP contribution is -2.16. The standard InChI is InChI=1S/C7H13NO/c1-8-3-2-6(4-8)7-5-9-7/h6-7H,2-5H2,1H3/t6-,7-/m1/s1. The molecule has 2 heterocycles. The summed E-state index contributed by atoms with van der Waals surface area (Å²) in [4.78, 5) is 2.38. The minimum Gasteiger partial charge on any atom is -0.373 e. The molecule has 0 saturated carbocycles. The lowest BCUT2D eigenvalue weighted by atomic mass is 10.1. The van der Waals surface area contributed by atoms with E-state index in [-0.39, 0.29) is 0 Å². The fourth-order valence-corrected chi connectivity index (χ4v) is 1.60. The zero-order valence-electron chi connectivity index (χ0n) is 5.84. The molecule has 2 atom stereocenters. The molecular weight excluding hydrogens is 114 g/mol. The van der Waals surface area contributed by atoms with Crippen molar-refractivity contribution in [3.8, 4) is 0 Å². The number of rotatable bonds is 1. The molecule has 2 fully saturated rings. The summed E-state index contributed by atoms with van der Waals surface area (Å²) in [6.07, 6.45) is 1.98. The predicted molar refractivity (Wildman–Crippen MR) is 35.3 cm³/mol. The number of nitrogens with zero attached hydrogens (tertiary/aromatic N) is 1. The summed E-state index contributed by atoms with van der Waals surface area (Å²) in [6, 6.07) is 0. The summed E-state index contributed by atoms with van der Waals surface area (Å²) in [5.74, 6) is 0.856. The van der Waals surface area contributed by atoms with Gasteiger partial charge in [-0.3, -0.25) is 0 Å². The Morgan fingerprint density at radius 1 is 1.56 bits per heavy atom. The van der Waals surface area contributed by atoms with E-state index in [1.165, 1.54) is 19.5 Å². The van der Waals surface area contributed by atoms with Crippen LogP contribution in [0, 0.1) is 5.92 Å². The molecule has 2 aliphatic rings. The zero-order chi connectivity index (χ0) is 6.27. The first kappa shape index (κ1) is 5.69. The fraction of sp³-hybridized carbons (Fsp3) is 1.00. The molecule has 0 aliphatic carbocycles. The van der Waals surface area contributed by atoms with E-state index in [1.807, 2.05) is 0 Å². The van der Waals surface area contributed by atoms with Gasteiger partial charge in [-0.15, -0.1) is 0 Å². The normalized spacial score (nSPS) is 43.7. The highest BCUT2D eigenvalue weighted by Crippen LogP contribution is 2.27. The van der Waals surface area contributed by atoms with E-state index in [1.54, 1.807) is 0 Å². The van der Waals surface area contributed by atoms with Gasteiger partial charge in [-0.05, 0) is 20.0 Å². The maximum absolute atomic E-state index is 5.21. The molecule has 2 rings (SSSR count). The molecular formula is C7H13NO. The largest absolute Gasteiger partial charge is 0.373 e. The van der Waals surface area contributed by atoms with Crippen LogP contribution in [0.25, 0.3) is 0 Å². The molecule has 0 bridgehead atoms. The zero-order valence-corrected chi connectivity index (χ0v) is 5.84. The van der Waals surface area contributed by atoms with E-state index < -0.39 is 0 Å². The van der Waals surface area contributed by atoms with Gasteiger partial charge in [0.1, 0.15) is 0 Å². The molecule has 0 radical (unpaired) electrons. The minimum absolute atomic E-state index is 0.634. The smallest absolute Gasteiger partial charge is 0.0850 e. The molecule has 0 spiro atoms. The average Bonchev–Trinajstić information content (AvgIpc) is 2.58. The number of hydrogen-bond donors (Lipinski definition) is 0. The van der Waals surface area contributed by atoms with E-state index in [9.17, 15) is 0 Å². The maximum Gasteiger partial charge on any atom is 0.0850 e. The molecule has 0 aromatic carbocycles. The summed E-state index contributed by atoms with van der Waals surface area (Å²) in [5, 5.41) is 0. The first-order valence-corrected chi connectivity index (χ1v) is 3.66. The van der Waals surface area contributed by atoms with Gasteiger partial charge in [-0.25, -0.2) is 0 Å². The summed E-state index contributed by atoms with van der Waals surface area (Å²) < 4.78 is 5.21.